The van der Waals surface area contributed by atoms with E-state index >= 15 is 0 Å². The van der Waals surface area contributed by atoms with Crippen LogP contribution in [-0.4, -0.2) is 93.5 Å². The molecule has 0 saturated carbocycles. The van der Waals surface area contributed by atoms with Crippen LogP contribution in [0.15, 0.2) is 66.9 Å². The fourth-order valence-corrected chi connectivity index (χ4v) is 7.62. The van der Waals surface area contributed by atoms with E-state index in [1.165, 1.54) is 0 Å². The van der Waals surface area contributed by atoms with Gasteiger partial charge in [-0.15, -0.1) is 0 Å². The summed E-state index contributed by atoms with van der Waals surface area (Å²) < 4.78 is 19.5. The summed E-state index contributed by atoms with van der Waals surface area (Å²) in [6.45, 7) is 14.4. The predicted molar refractivity (Wildman–Crippen MR) is 204 cm³/mol. The Balaban J connectivity index is 1.17. The number of ether oxygens (including phenoxy) is 3. The Morgan fingerprint density at radius 3 is 1.90 bits per heavy atom. The van der Waals surface area contributed by atoms with Gasteiger partial charge in [-0.05, 0) is 63.4 Å². The number of fused-ring (bicyclic) bond motifs is 1. The fourth-order valence-electron chi connectivity index (χ4n) is 7.62. The lowest BCUT2D eigenvalue weighted by atomic mass is 9.84. The summed E-state index contributed by atoms with van der Waals surface area (Å²) in [5.41, 5.74) is 7.67. The van der Waals surface area contributed by atoms with Crippen molar-refractivity contribution in [2.45, 2.75) is 58.9 Å². The second-order valence-corrected chi connectivity index (χ2v) is 15.6. The third-order valence-corrected chi connectivity index (χ3v) is 11.2. The van der Waals surface area contributed by atoms with Gasteiger partial charge in [-0.25, -0.2) is 9.67 Å². The maximum Gasteiger partial charge on any atom is 0.218 e. The molecule has 2 N–H and O–H groups in total. The quantitative estimate of drug-likeness (QED) is 0.151. The van der Waals surface area contributed by atoms with Crippen molar-refractivity contribution < 1.29 is 24.4 Å². The highest BCUT2D eigenvalue weighted by Crippen LogP contribution is 2.40. The molecule has 4 heterocycles. The van der Waals surface area contributed by atoms with Gasteiger partial charge in [0.2, 0.25) is 5.88 Å². The minimum absolute atomic E-state index is 0.243. The normalized spacial score (nSPS) is 16.2. The molecule has 10 heteroatoms. The maximum atomic E-state index is 10.4. The number of likely N-dealkylation sites (tertiary alicyclic amines) is 2. The molecule has 2 saturated heterocycles. The molecule has 0 spiro atoms. The molecule has 5 aromatic rings. The zero-order chi connectivity index (χ0) is 36.9. The summed E-state index contributed by atoms with van der Waals surface area (Å²) >= 11 is 0. The smallest absolute Gasteiger partial charge is 0.218 e. The molecule has 0 bridgehead atoms. The number of benzene rings is 3. The van der Waals surface area contributed by atoms with Gasteiger partial charge in [-0.2, -0.15) is 5.10 Å². The van der Waals surface area contributed by atoms with E-state index in [1.54, 1.807) is 21.3 Å². The molecule has 10 nitrogen and oxygen atoms in total. The second-order valence-electron chi connectivity index (χ2n) is 15.6. The molecular formula is C42H51N5O5. The van der Waals surface area contributed by atoms with Gasteiger partial charge in [0, 0.05) is 79.8 Å². The Kier molecular flexibility index (Phi) is 9.54. The first-order valence-electron chi connectivity index (χ1n) is 18.0. The summed E-state index contributed by atoms with van der Waals surface area (Å²) in [7, 11) is 5.04. The summed E-state index contributed by atoms with van der Waals surface area (Å²) in [5.74, 6) is 2.61. The van der Waals surface area contributed by atoms with Gasteiger partial charge >= 0.3 is 0 Å². The lowest BCUT2D eigenvalue weighted by Gasteiger charge is -2.45. The SMILES string of the molecule is COc1cc(-n2ncc3c(-c4cccc(-c5ccc(CN6CC(C(C)(C)O)C6)c(OC)n5)c4C)cccc32)cc(OC)c1CN1CC(C(C)(C)O)C1. The molecule has 3 aromatic carbocycles. The summed E-state index contributed by atoms with van der Waals surface area (Å²) in [5, 5.41) is 26.7. The Morgan fingerprint density at radius 2 is 1.31 bits per heavy atom. The first kappa shape index (κ1) is 35.9. The molecule has 274 valence electrons. The number of hydrogen-bond acceptors (Lipinski definition) is 9. The van der Waals surface area contributed by atoms with Crippen molar-refractivity contribution in [3.05, 3.63) is 83.6 Å². The Labute approximate surface area is 306 Å². The van der Waals surface area contributed by atoms with Crippen LogP contribution in [0.3, 0.4) is 0 Å². The number of rotatable bonds is 12. The number of nitrogens with zero attached hydrogens (tertiary/aromatic N) is 5. The van der Waals surface area contributed by atoms with Crippen LogP contribution in [0.5, 0.6) is 17.4 Å². The van der Waals surface area contributed by atoms with E-state index in [1.807, 2.05) is 50.7 Å². The first-order chi connectivity index (χ1) is 24.8. The molecular weight excluding hydrogens is 654 g/mol. The van der Waals surface area contributed by atoms with Crippen LogP contribution in [0.2, 0.25) is 0 Å². The molecule has 2 aromatic heterocycles. The zero-order valence-electron chi connectivity index (χ0n) is 31.6. The van der Waals surface area contributed by atoms with E-state index in [0.29, 0.717) is 12.4 Å². The molecule has 0 amide bonds. The fraction of sp³-hybridized carbons (Fsp3) is 0.429. The van der Waals surface area contributed by atoms with E-state index < -0.39 is 11.2 Å². The van der Waals surface area contributed by atoms with Crippen LogP contribution in [0, 0.1) is 18.8 Å². The van der Waals surface area contributed by atoms with E-state index in [9.17, 15) is 10.2 Å². The van der Waals surface area contributed by atoms with Gasteiger partial charge in [-0.1, -0.05) is 36.4 Å². The highest BCUT2D eigenvalue weighted by molar-refractivity contribution is 5.97. The van der Waals surface area contributed by atoms with Crippen LogP contribution >= 0.6 is 0 Å². The maximum absolute atomic E-state index is 10.4. The highest BCUT2D eigenvalue weighted by atomic mass is 16.5. The lowest BCUT2D eigenvalue weighted by molar-refractivity contribution is -0.0652. The summed E-state index contributed by atoms with van der Waals surface area (Å²) in [6.07, 6.45) is 1.93. The standard InChI is InChI=1S/C42H51N5O5/c1-26-31(11-9-12-32(26)36-16-15-27(40(44-36)52-8)20-45-21-28(22-45)41(2,3)48)33-13-10-14-37-34(33)19-43-47(37)30-17-38(50-6)35(39(18-30)51-7)25-46-23-29(24-46)42(4,5)49/h9-19,28-29,48-49H,20-25H2,1-8H3. The van der Waals surface area contributed by atoms with E-state index in [4.69, 9.17) is 24.3 Å². The Hall–Kier alpha value is -4.48. The third kappa shape index (κ3) is 6.76. The average molecular weight is 706 g/mol. The number of methoxy groups -OCH3 is 3. The predicted octanol–water partition coefficient (Wildman–Crippen LogP) is 6.49. The monoisotopic (exact) mass is 705 g/mol. The Morgan fingerprint density at radius 1 is 0.731 bits per heavy atom. The van der Waals surface area contributed by atoms with Crippen LogP contribution in [0.4, 0.5) is 0 Å². The van der Waals surface area contributed by atoms with Crippen molar-refractivity contribution in [3.63, 3.8) is 0 Å². The molecule has 7 rings (SSSR count). The van der Waals surface area contributed by atoms with Gasteiger partial charge in [0.15, 0.2) is 0 Å². The summed E-state index contributed by atoms with van der Waals surface area (Å²) in [4.78, 5) is 9.59. The van der Waals surface area contributed by atoms with Crippen LogP contribution in [-0.2, 0) is 13.1 Å². The van der Waals surface area contributed by atoms with Crippen molar-refractivity contribution in [2.24, 2.45) is 11.8 Å². The largest absolute Gasteiger partial charge is 0.496 e. The second kappa shape index (κ2) is 13.8. The van der Waals surface area contributed by atoms with Gasteiger partial charge in [0.05, 0.1) is 61.2 Å². The topological polar surface area (TPSA) is 105 Å². The highest BCUT2D eigenvalue weighted by Gasteiger charge is 2.39. The molecule has 0 radical (unpaired) electrons. The number of pyridine rings is 1. The van der Waals surface area contributed by atoms with Crippen molar-refractivity contribution in [1.82, 2.24) is 24.6 Å². The third-order valence-electron chi connectivity index (χ3n) is 11.2. The van der Waals surface area contributed by atoms with Crippen molar-refractivity contribution in [3.8, 4) is 45.5 Å². The van der Waals surface area contributed by atoms with Crippen molar-refractivity contribution in [1.29, 1.82) is 0 Å². The van der Waals surface area contributed by atoms with Gasteiger partial charge in [0.1, 0.15) is 11.5 Å². The van der Waals surface area contributed by atoms with Crippen LogP contribution < -0.4 is 14.2 Å². The molecule has 2 aliphatic rings. The molecule has 2 fully saturated rings. The van der Waals surface area contributed by atoms with E-state index in [-0.39, 0.29) is 11.8 Å². The number of aliphatic hydroxyl groups is 2. The van der Waals surface area contributed by atoms with Gasteiger partial charge < -0.3 is 24.4 Å². The van der Waals surface area contributed by atoms with Crippen LogP contribution in [0.25, 0.3) is 39.0 Å². The number of hydrogen-bond donors (Lipinski definition) is 2. The van der Waals surface area contributed by atoms with Crippen molar-refractivity contribution >= 4 is 10.9 Å². The van der Waals surface area contributed by atoms with Crippen molar-refractivity contribution in [2.75, 3.05) is 47.5 Å². The molecule has 0 aliphatic carbocycles. The number of aromatic nitrogens is 3. The molecule has 52 heavy (non-hydrogen) atoms. The minimum atomic E-state index is -0.692. The summed E-state index contributed by atoms with van der Waals surface area (Å²) in [6, 6.07) is 20.9. The van der Waals surface area contributed by atoms with Gasteiger partial charge in [-0.3, -0.25) is 9.80 Å². The first-order valence-corrected chi connectivity index (χ1v) is 18.0. The van der Waals surface area contributed by atoms with E-state index in [0.717, 1.165) is 99.9 Å². The van der Waals surface area contributed by atoms with Gasteiger partial charge in [0.25, 0.3) is 0 Å². The lowest BCUT2D eigenvalue weighted by Crippen LogP contribution is -2.55. The molecule has 0 atom stereocenters. The minimum Gasteiger partial charge on any atom is -0.496 e. The zero-order valence-corrected chi connectivity index (χ0v) is 31.6. The average Bonchev–Trinajstić information content (AvgIpc) is 3.51. The van der Waals surface area contributed by atoms with E-state index in [2.05, 4.69) is 65.3 Å². The Bertz CT molecular complexity index is 2060. The van der Waals surface area contributed by atoms with Crippen LogP contribution in [0.1, 0.15) is 44.4 Å². The molecule has 2 aliphatic heterocycles. The molecule has 0 unspecified atom stereocenters.